The predicted octanol–water partition coefficient (Wildman–Crippen LogP) is 3.59. The Hall–Kier alpha value is -1.74. The minimum atomic E-state index is 0. The number of likely N-dealkylation sites (tertiary alicyclic amines) is 1. The van der Waals surface area contributed by atoms with E-state index in [4.69, 9.17) is 9.15 Å². The van der Waals surface area contributed by atoms with Crippen LogP contribution in [0.5, 0.6) is 5.75 Å². The number of furan rings is 1. The Labute approximate surface area is 190 Å². The van der Waals surface area contributed by atoms with Crippen LogP contribution >= 0.6 is 24.0 Å². The van der Waals surface area contributed by atoms with Crippen LogP contribution in [0.25, 0.3) is 0 Å². The second-order valence-electron chi connectivity index (χ2n) is 7.51. The first-order valence-corrected chi connectivity index (χ1v) is 10.3. The van der Waals surface area contributed by atoms with Gasteiger partial charge < -0.3 is 19.8 Å². The molecule has 1 saturated heterocycles. The molecule has 4 rings (SSSR count). The van der Waals surface area contributed by atoms with Gasteiger partial charge in [0, 0.05) is 20.0 Å². The van der Waals surface area contributed by atoms with Gasteiger partial charge >= 0.3 is 0 Å². The van der Waals surface area contributed by atoms with Crippen LogP contribution in [0.2, 0.25) is 0 Å². The average molecular weight is 510 g/mol. The summed E-state index contributed by atoms with van der Waals surface area (Å²) in [5.74, 6) is 2.81. The van der Waals surface area contributed by atoms with Gasteiger partial charge in [0.05, 0.1) is 18.8 Å². The zero-order valence-corrected chi connectivity index (χ0v) is 19.3. The maximum atomic E-state index is 6.01. The largest absolute Gasteiger partial charge is 0.488 e. The number of benzene rings is 1. The zero-order chi connectivity index (χ0) is 19.2. The highest BCUT2D eigenvalue weighted by atomic mass is 127. The number of nitrogens with zero attached hydrogens (tertiary/aromatic N) is 2. The van der Waals surface area contributed by atoms with E-state index >= 15 is 0 Å². The van der Waals surface area contributed by atoms with Crippen LogP contribution in [0.4, 0.5) is 0 Å². The predicted molar refractivity (Wildman–Crippen MR) is 126 cm³/mol. The molecular weight excluding hydrogens is 479 g/mol. The molecule has 2 aliphatic rings. The summed E-state index contributed by atoms with van der Waals surface area (Å²) in [5.41, 5.74) is 1.28. The monoisotopic (exact) mass is 510 g/mol. The lowest BCUT2D eigenvalue weighted by atomic mass is 10.1. The highest BCUT2D eigenvalue weighted by molar-refractivity contribution is 14.0. The number of piperidine rings is 1. The number of nitrogens with one attached hydrogen (secondary N) is 2. The quantitative estimate of drug-likeness (QED) is 0.354. The molecule has 1 fully saturated rings. The summed E-state index contributed by atoms with van der Waals surface area (Å²) >= 11 is 0. The molecule has 0 aliphatic carbocycles. The standard InChI is InChI=1S/C22H30N4O2.HI/c1-23-22(24-15-18-14-17-8-3-4-9-20(17)28-18)25-16-19(21-10-7-13-27-21)26-11-5-2-6-12-26;/h3-4,7-10,13,18-19H,2,5-6,11-12,14-16H2,1H3,(H2,23,24,25);1H. The minimum Gasteiger partial charge on any atom is -0.488 e. The number of hydrogen-bond donors (Lipinski definition) is 2. The molecule has 0 spiro atoms. The highest BCUT2D eigenvalue weighted by Crippen LogP contribution is 2.28. The van der Waals surface area contributed by atoms with Crippen LogP contribution in [0.15, 0.2) is 52.1 Å². The van der Waals surface area contributed by atoms with E-state index in [9.17, 15) is 0 Å². The second-order valence-corrected chi connectivity index (χ2v) is 7.51. The van der Waals surface area contributed by atoms with Crippen LogP contribution in [0.3, 0.4) is 0 Å². The lowest BCUT2D eigenvalue weighted by Crippen LogP contribution is -2.46. The van der Waals surface area contributed by atoms with Gasteiger partial charge in [-0.05, 0) is 49.7 Å². The summed E-state index contributed by atoms with van der Waals surface area (Å²) in [7, 11) is 1.81. The second kappa shape index (κ2) is 10.9. The molecule has 2 atom stereocenters. The fourth-order valence-corrected chi connectivity index (χ4v) is 4.11. The molecule has 6 nitrogen and oxygen atoms in total. The molecule has 2 N–H and O–H groups in total. The summed E-state index contributed by atoms with van der Waals surface area (Å²) in [6.07, 6.45) is 6.66. The fourth-order valence-electron chi connectivity index (χ4n) is 4.11. The van der Waals surface area contributed by atoms with Gasteiger partial charge in [-0.2, -0.15) is 0 Å². The van der Waals surface area contributed by atoms with Crippen LogP contribution in [-0.4, -0.2) is 50.2 Å². The van der Waals surface area contributed by atoms with Gasteiger partial charge in [0.15, 0.2) is 5.96 Å². The van der Waals surface area contributed by atoms with Crippen LogP contribution in [0.1, 0.15) is 36.6 Å². The summed E-state index contributed by atoms with van der Waals surface area (Å²) in [6, 6.07) is 12.5. The van der Waals surface area contributed by atoms with Crippen molar-refractivity contribution in [2.45, 2.75) is 37.8 Å². The van der Waals surface area contributed by atoms with Crippen LogP contribution in [-0.2, 0) is 6.42 Å². The Kier molecular flexibility index (Phi) is 8.23. The molecule has 7 heteroatoms. The molecular formula is C22H31IN4O2. The van der Waals surface area contributed by atoms with Gasteiger partial charge in [-0.25, -0.2) is 0 Å². The molecule has 0 bridgehead atoms. The van der Waals surface area contributed by atoms with Crippen molar-refractivity contribution in [3.8, 4) is 5.75 Å². The Bertz CT molecular complexity index is 750. The molecule has 2 unspecified atom stereocenters. The zero-order valence-electron chi connectivity index (χ0n) is 17.0. The summed E-state index contributed by atoms with van der Waals surface area (Å²) < 4.78 is 11.7. The van der Waals surface area contributed by atoms with Gasteiger partial charge in [-0.1, -0.05) is 24.6 Å². The Morgan fingerprint density at radius 2 is 1.97 bits per heavy atom. The topological polar surface area (TPSA) is 62.0 Å². The van der Waals surface area contributed by atoms with Gasteiger partial charge in [-0.3, -0.25) is 9.89 Å². The molecule has 0 amide bonds. The van der Waals surface area contributed by atoms with Crippen molar-refractivity contribution in [1.29, 1.82) is 0 Å². The molecule has 0 saturated carbocycles. The summed E-state index contributed by atoms with van der Waals surface area (Å²) in [5, 5.41) is 6.90. The smallest absolute Gasteiger partial charge is 0.191 e. The van der Waals surface area contributed by atoms with E-state index in [1.54, 1.807) is 6.26 Å². The van der Waals surface area contributed by atoms with Gasteiger partial charge in [-0.15, -0.1) is 24.0 Å². The van der Waals surface area contributed by atoms with E-state index in [1.807, 2.05) is 25.2 Å². The molecule has 1 aromatic carbocycles. The molecule has 29 heavy (non-hydrogen) atoms. The first-order chi connectivity index (χ1) is 13.8. The highest BCUT2D eigenvalue weighted by Gasteiger charge is 2.25. The molecule has 1 aromatic heterocycles. The average Bonchev–Trinajstić information content (AvgIpc) is 3.41. The third kappa shape index (κ3) is 5.66. The van der Waals surface area contributed by atoms with E-state index < -0.39 is 0 Å². The van der Waals surface area contributed by atoms with Crippen molar-refractivity contribution in [2.75, 3.05) is 33.2 Å². The van der Waals surface area contributed by atoms with Crippen molar-refractivity contribution >= 4 is 29.9 Å². The van der Waals surface area contributed by atoms with Crippen molar-refractivity contribution < 1.29 is 9.15 Å². The maximum absolute atomic E-state index is 6.01. The number of halogens is 1. The van der Waals surface area contributed by atoms with Crippen molar-refractivity contribution in [1.82, 2.24) is 15.5 Å². The number of para-hydroxylation sites is 1. The lowest BCUT2D eigenvalue weighted by molar-refractivity contribution is 0.146. The normalized spacial score (nSPS) is 20.3. The summed E-state index contributed by atoms with van der Waals surface area (Å²) in [4.78, 5) is 6.90. The number of aliphatic imine (C=N–C) groups is 1. The SMILES string of the molecule is CN=C(NCC1Cc2ccccc2O1)NCC(c1ccco1)N1CCCCC1.I. The third-order valence-electron chi connectivity index (χ3n) is 5.60. The van der Waals surface area contributed by atoms with Gasteiger partial charge in [0.25, 0.3) is 0 Å². The maximum Gasteiger partial charge on any atom is 0.191 e. The van der Waals surface area contributed by atoms with E-state index in [1.165, 1.54) is 24.8 Å². The Morgan fingerprint density at radius 3 is 2.69 bits per heavy atom. The number of rotatable bonds is 6. The van der Waals surface area contributed by atoms with E-state index in [0.29, 0.717) is 0 Å². The number of guanidine groups is 1. The summed E-state index contributed by atoms with van der Waals surface area (Å²) in [6.45, 7) is 3.73. The number of hydrogen-bond acceptors (Lipinski definition) is 4. The number of fused-ring (bicyclic) bond motifs is 1. The van der Waals surface area contributed by atoms with Crippen molar-refractivity contribution in [3.63, 3.8) is 0 Å². The molecule has 2 aliphatic heterocycles. The van der Waals surface area contributed by atoms with Crippen LogP contribution in [0, 0.1) is 0 Å². The first kappa shape index (κ1) is 22.0. The van der Waals surface area contributed by atoms with Crippen LogP contribution < -0.4 is 15.4 Å². The van der Waals surface area contributed by atoms with Gasteiger partial charge in [0.2, 0.25) is 0 Å². The lowest BCUT2D eigenvalue weighted by Gasteiger charge is -2.33. The molecule has 2 aromatic rings. The molecule has 3 heterocycles. The Morgan fingerprint density at radius 1 is 1.14 bits per heavy atom. The van der Waals surface area contributed by atoms with Gasteiger partial charge in [0.1, 0.15) is 17.6 Å². The minimum absolute atomic E-state index is 0. The molecule has 158 valence electrons. The van der Waals surface area contributed by atoms with E-state index in [-0.39, 0.29) is 36.1 Å². The number of ether oxygens (including phenoxy) is 1. The van der Waals surface area contributed by atoms with Crippen molar-refractivity contribution in [3.05, 3.63) is 54.0 Å². The van der Waals surface area contributed by atoms with E-state index in [2.05, 4.69) is 38.7 Å². The fraction of sp³-hybridized carbons (Fsp3) is 0.500. The molecule has 0 radical (unpaired) electrons. The Balaban J connectivity index is 0.00000240. The third-order valence-corrected chi connectivity index (χ3v) is 5.60. The first-order valence-electron chi connectivity index (χ1n) is 10.3. The van der Waals surface area contributed by atoms with Crippen molar-refractivity contribution in [2.24, 2.45) is 4.99 Å². The van der Waals surface area contributed by atoms with E-state index in [0.717, 1.165) is 50.1 Å².